The zero-order chi connectivity index (χ0) is 9.97. The molecule has 2 nitrogen and oxygen atoms in total. The third kappa shape index (κ3) is 2.00. The third-order valence-electron chi connectivity index (χ3n) is 2.59. The van der Waals surface area contributed by atoms with Crippen molar-refractivity contribution < 1.29 is 8.78 Å². The van der Waals surface area contributed by atoms with E-state index in [2.05, 4.69) is 10.3 Å². The molecular formula is C10H12F2N2. The zero-order valence-corrected chi connectivity index (χ0v) is 7.76. The molecule has 1 aliphatic rings. The molecule has 1 saturated carbocycles. The number of halogens is 2. The predicted octanol–water partition coefficient (Wildman–Crippen LogP) is 2.57. The zero-order valence-electron chi connectivity index (χ0n) is 7.76. The Kier molecular flexibility index (Phi) is 2.61. The summed E-state index contributed by atoms with van der Waals surface area (Å²) in [5, 5.41) is 2.89. The molecule has 1 aromatic rings. The Morgan fingerprint density at radius 2 is 2.21 bits per heavy atom. The second kappa shape index (κ2) is 3.90. The van der Waals surface area contributed by atoms with Crippen molar-refractivity contribution in [3.63, 3.8) is 0 Å². The van der Waals surface area contributed by atoms with Gasteiger partial charge in [0.2, 0.25) is 0 Å². The summed E-state index contributed by atoms with van der Waals surface area (Å²) in [6.45, 7) is 0.732. The number of aromatic nitrogens is 1. The molecule has 0 aromatic carbocycles. The van der Waals surface area contributed by atoms with E-state index in [4.69, 9.17) is 0 Å². The maximum absolute atomic E-state index is 13.1. The fraction of sp³-hybridized carbons (Fsp3) is 0.500. The first-order valence-corrected chi connectivity index (χ1v) is 4.80. The van der Waals surface area contributed by atoms with Crippen molar-refractivity contribution in [1.82, 2.24) is 4.98 Å². The van der Waals surface area contributed by atoms with Gasteiger partial charge < -0.3 is 5.32 Å². The summed E-state index contributed by atoms with van der Waals surface area (Å²) in [6.07, 6.45) is 4.66. The lowest BCUT2D eigenvalue weighted by Crippen LogP contribution is -2.21. The minimum Gasteiger partial charge on any atom is -0.367 e. The molecule has 0 saturated heterocycles. The Morgan fingerprint density at radius 3 is 2.79 bits per heavy atom. The summed E-state index contributed by atoms with van der Waals surface area (Å²) in [5.74, 6) is -0.486. The normalized spacial score (nSPS) is 16.4. The van der Waals surface area contributed by atoms with Gasteiger partial charge in [-0.2, -0.15) is 0 Å². The molecule has 1 fully saturated rings. The third-order valence-corrected chi connectivity index (χ3v) is 2.59. The predicted molar refractivity (Wildman–Crippen MR) is 50.0 cm³/mol. The quantitative estimate of drug-likeness (QED) is 0.807. The van der Waals surface area contributed by atoms with E-state index in [-0.39, 0.29) is 5.82 Å². The molecule has 0 unspecified atom stereocenters. The first-order valence-electron chi connectivity index (χ1n) is 4.80. The number of pyridine rings is 1. The van der Waals surface area contributed by atoms with Crippen LogP contribution < -0.4 is 5.32 Å². The van der Waals surface area contributed by atoms with Gasteiger partial charge in [-0.3, -0.25) is 0 Å². The van der Waals surface area contributed by atoms with E-state index in [1.807, 2.05) is 0 Å². The van der Waals surface area contributed by atoms with E-state index in [1.54, 1.807) is 0 Å². The molecule has 0 radical (unpaired) electrons. The van der Waals surface area contributed by atoms with Gasteiger partial charge in [-0.15, -0.1) is 0 Å². The molecule has 0 aliphatic heterocycles. The number of hydrogen-bond donors (Lipinski definition) is 1. The van der Waals surface area contributed by atoms with Crippen molar-refractivity contribution in [2.45, 2.75) is 19.3 Å². The summed E-state index contributed by atoms with van der Waals surface area (Å²) in [6, 6.07) is 0.843. The van der Waals surface area contributed by atoms with E-state index < -0.39 is 11.6 Å². The molecule has 1 N–H and O–H groups in total. The van der Waals surface area contributed by atoms with Crippen LogP contribution in [0.15, 0.2) is 12.3 Å². The lowest BCUT2D eigenvalue weighted by atomic mass is 9.85. The molecule has 0 atom stereocenters. The average molecular weight is 198 g/mol. The molecule has 0 spiro atoms. The number of nitrogens with one attached hydrogen (secondary N) is 1. The standard InChI is InChI=1S/C10H12F2N2/c11-8-4-9(12)10(14-6-8)13-5-7-2-1-3-7/h4,6-7H,1-3,5H2,(H,13,14). The smallest absolute Gasteiger partial charge is 0.168 e. The molecule has 0 amide bonds. The Hall–Kier alpha value is -1.19. The summed E-state index contributed by atoms with van der Waals surface area (Å²) in [4.78, 5) is 3.65. The minimum absolute atomic E-state index is 0.151. The van der Waals surface area contributed by atoms with Crippen LogP contribution in [0.5, 0.6) is 0 Å². The minimum atomic E-state index is -0.642. The van der Waals surface area contributed by atoms with E-state index in [0.717, 1.165) is 18.8 Å². The number of anilines is 1. The molecule has 1 aromatic heterocycles. The number of hydrogen-bond acceptors (Lipinski definition) is 2. The van der Waals surface area contributed by atoms with Crippen LogP contribution in [0.1, 0.15) is 19.3 Å². The van der Waals surface area contributed by atoms with Crippen molar-refractivity contribution in [3.8, 4) is 0 Å². The van der Waals surface area contributed by atoms with Crippen molar-refractivity contribution >= 4 is 5.82 Å². The SMILES string of the molecule is Fc1cnc(NCC2CCC2)c(F)c1. The fourth-order valence-electron chi connectivity index (χ4n) is 1.48. The van der Waals surface area contributed by atoms with Crippen molar-refractivity contribution in [2.24, 2.45) is 5.92 Å². The molecule has 14 heavy (non-hydrogen) atoms. The van der Waals surface area contributed by atoms with Crippen LogP contribution in [0.25, 0.3) is 0 Å². The molecule has 4 heteroatoms. The number of rotatable bonds is 3. The highest BCUT2D eigenvalue weighted by molar-refractivity contribution is 5.35. The van der Waals surface area contributed by atoms with Gasteiger partial charge in [0.15, 0.2) is 11.6 Å². The van der Waals surface area contributed by atoms with Gasteiger partial charge in [0, 0.05) is 12.6 Å². The Bertz CT molecular complexity index is 324. The largest absolute Gasteiger partial charge is 0.367 e. The maximum Gasteiger partial charge on any atom is 0.168 e. The molecular weight excluding hydrogens is 186 g/mol. The van der Waals surface area contributed by atoms with Crippen LogP contribution in [0.4, 0.5) is 14.6 Å². The summed E-state index contributed by atoms with van der Waals surface area (Å²) in [5.41, 5.74) is 0. The van der Waals surface area contributed by atoms with Crippen LogP contribution in [0.3, 0.4) is 0 Å². The van der Waals surface area contributed by atoms with Gasteiger partial charge in [0.05, 0.1) is 6.20 Å². The molecule has 1 heterocycles. The second-order valence-corrected chi connectivity index (χ2v) is 3.66. The van der Waals surface area contributed by atoms with Crippen LogP contribution in [-0.4, -0.2) is 11.5 Å². The van der Waals surface area contributed by atoms with Gasteiger partial charge >= 0.3 is 0 Å². The Labute approximate surface area is 81.4 Å². The molecule has 76 valence electrons. The van der Waals surface area contributed by atoms with Crippen molar-refractivity contribution in [2.75, 3.05) is 11.9 Å². The van der Waals surface area contributed by atoms with E-state index in [1.165, 1.54) is 19.3 Å². The highest BCUT2D eigenvalue weighted by Crippen LogP contribution is 2.26. The van der Waals surface area contributed by atoms with E-state index in [0.29, 0.717) is 5.92 Å². The highest BCUT2D eigenvalue weighted by atomic mass is 19.1. The van der Waals surface area contributed by atoms with E-state index >= 15 is 0 Å². The molecule has 0 bridgehead atoms. The topological polar surface area (TPSA) is 24.9 Å². The number of nitrogens with zero attached hydrogens (tertiary/aromatic N) is 1. The van der Waals surface area contributed by atoms with E-state index in [9.17, 15) is 8.78 Å². The van der Waals surface area contributed by atoms with Crippen molar-refractivity contribution in [3.05, 3.63) is 23.9 Å². The monoisotopic (exact) mass is 198 g/mol. The first kappa shape index (κ1) is 9.37. The molecule has 1 aliphatic carbocycles. The Balaban J connectivity index is 1.94. The van der Waals surface area contributed by atoms with Gasteiger partial charge in [0.25, 0.3) is 0 Å². The summed E-state index contributed by atoms with van der Waals surface area (Å²) < 4.78 is 25.6. The Morgan fingerprint density at radius 1 is 1.43 bits per heavy atom. The van der Waals surface area contributed by atoms with Crippen LogP contribution in [0.2, 0.25) is 0 Å². The second-order valence-electron chi connectivity index (χ2n) is 3.66. The lowest BCUT2D eigenvalue weighted by molar-refractivity contribution is 0.332. The van der Waals surface area contributed by atoms with Crippen molar-refractivity contribution in [1.29, 1.82) is 0 Å². The average Bonchev–Trinajstić information content (AvgIpc) is 2.05. The lowest BCUT2D eigenvalue weighted by Gasteiger charge is -2.25. The van der Waals surface area contributed by atoms with Gasteiger partial charge in [-0.25, -0.2) is 13.8 Å². The highest BCUT2D eigenvalue weighted by Gasteiger charge is 2.17. The van der Waals surface area contributed by atoms with Gasteiger partial charge in [0.1, 0.15) is 5.82 Å². The van der Waals surface area contributed by atoms with Crippen LogP contribution in [0, 0.1) is 17.6 Å². The van der Waals surface area contributed by atoms with Gasteiger partial charge in [-0.1, -0.05) is 6.42 Å². The molecule has 2 rings (SSSR count). The van der Waals surface area contributed by atoms with Crippen LogP contribution >= 0.6 is 0 Å². The van der Waals surface area contributed by atoms with Crippen LogP contribution in [-0.2, 0) is 0 Å². The fourth-order valence-corrected chi connectivity index (χ4v) is 1.48. The maximum atomic E-state index is 13.1. The summed E-state index contributed by atoms with van der Waals surface area (Å²) in [7, 11) is 0. The first-order chi connectivity index (χ1) is 6.75. The summed E-state index contributed by atoms with van der Waals surface area (Å²) >= 11 is 0. The van der Waals surface area contributed by atoms with Gasteiger partial charge in [-0.05, 0) is 18.8 Å².